The van der Waals surface area contributed by atoms with Crippen LogP contribution < -0.4 is 5.32 Å². The number of anilines is 1. The molecule has 1 heterocycles. The van der Waals surface area contributed by atoms with Crippen LogP contribution in [0.1, 0.15) is 44.5 Å². The van der Waals surface area contributed by atoms with E-state index in [0.29, 0.717) is 18.5 Å². The smallest absolute Gasteiger partial charge is 0.253 e. The highest BCUT2D eigenvalue weighted by Gasteiger charge is 2.36. The Balaban J connectivity index is 2.20. The van der Waals surface area contributed by atoms with Gasteiger partial charge in [0.25, 0.3) is 5.91 Å². The minimum absolute atomic E-state index is 0.00274. The Bertz CT molecular complexity index is 738. The third kappa shape index (κ3) is 4.20. The molecule has 0 saturated heterocycles. The minimum atomic E-state index is -0.577. The number of benzene rings is 1. The lowest BCUT2D eigenvalue weighted by atomic mass is 9.87. The molecule has 0 aromatic heterocycles. The fourth-order valence-electron chi connectivity index (χ4n) is 2.76. The molecule has 1 aromatic rings. The second-order valence-electron chi connectivity index (χ2n) is 7.66. The van der Waals surface area contributed by atoms with Crippen LogP contribution in [0.25, 0.3) is 0 Å². The number of nitrogens with zero attached hydrogens (tertiary/aromatic N) is 3. The summed E-state index contributed by atoms with van der Waals surface area (Å²) in [6.07, 6.45) is 0.501. The van der Waals surface area contributed by atoms with E-state index < -0.39 is 11.9 Å². The summed E-state index contributed by atoms with van der Waals surface area (Å²) in [4.78, 5) is 26.2. The van der Waals surface area contributed by atoms with Crippen molar-refractivity contribution in [3.8, 4) is 0 Å². The van der Waals surface area contributed by atoms with Crippen molar-refractivity contribution in [1.82, 2.24) is 9.91 Å². The Morgan fingerprint density at radius 1 is 1.35 bits per heavy atom. The van der Waals surface area contributed by atoms with Crippen LogP contribution in [0.4, 0.5) is 10.1 Å². The van der Waals surface area contributed by atoms with E-state index >= 15 is 0 Å². The first kappa shape index (κ1) is 19.9. The van der Waals surface area contributed by atoms with Crippen molar-refractivity contribution in [2.75, 3.05) is 26.0 Å². The third-order valence-corrected chi connectivity index (χ3v) is 4.37. The van der Waals surface area contributed by atoms with Crippen LogP contribution in [0, 0.1) is 11.2 Å². The van der Waals surface area contributed by atoms with Crippen LogP contribution in [0.2, 0.25) is 0 Å². The number of nitrogens with one attached hydrogen (secondary N) is 1. The lowest BCUT2D eigenvalue weighted by Crippen LogP contribution is -2.39. The Morgan fingerprint density at radius 3 is 2.54 bits per heavy atom. The topological polar surface area (TPSA) is 65.0 Å². The highest BCUT2D eigenvalue weighted by molar-refractivity contribution is 6.02. The van der Waals surface area contributed by atoms with Crippen LogP contribution >= 0.6 is 0 Å². The molecule has 0 fully saturated rings. The van der Waals surface area contributed by atoms with Gasteiger partial charge in [-0.3, -0.25) is 14.6 Å². The Labute approximate surface area is 154 Å². The van der Waals surface area contributed by atoms with E-state index in [1.165, 1.54) is 23.1 Å². The fourth-order valence-corrected chi connectivity index (χ4v) is 2.76. The number of hydrogen-bond acceptors (Lipinski definition) is 4. The molecule has 1 N–H and O–H groups in total. The molecule has 7 heteroatoms. The summed E-state index contributed by atoms with van der Waals surface area (Å²) in [5.41, 5.74) is 1.13. The monoisotopic (exact) mass is 362 g/mol. The summed E-state index contributed by atoms with van der Waals surface area (Å²) in [7, 11) is 3.24. The van der Waals surface area contributed by atoms with Gasteiger partial charge in [0.1, 0.15) is 11.9 Å². The van der Waals surface area contributed by atoms with Gasteiger partial charge in [-0.15, -0.1) is 0 Å². The maximum absolute atomic E-state index is 14.1. The largest absolute Gasteiger partial charge is 0.345 e. The van der Waals surface area contributed by atoms with Crippen molar-refractivity contribution in [3.05, 3.63) is 29.6 Å². The quantitative estimate of drug-likeness (QED) is 0.896. The summed E-state index contributed by atoms with van der Waals surface area (Å²) in [5.74, 6) is -1.16. The molecule has 0 spiro atoms. The predicted molar refractivity (Wildman–Crippen MR) is 101 cm³/mol. The number of rotatable bonds is 4. The number of hydrazone groups is 1. The standard InChI is InChI=1S/C19H27FN4O2/c1-7-24-15(11-16(22-24)19(2,3)4)17(25)21-14-10-12(8-9-13(14)20)18(26)23(5)6/h8-10,15H,7,11H2,1-6H3,(H,21,25). The van der Waals surface area contributed by atoms with E-state index in [0.717, 1.165) is 5.71 Å². The molecule has 2 rings (SSSR count). The minimum Gasteiger partial charge on any atom is -0.345 e. The first-order chi connectivity index (χ1) is 12.0. The lowest BCUT2D eigenvalue weighted by Gasteiger charge is -2.21. The van der Waals surface area contributed by atoms with Gasteiger partial charge in [-0.1, -0.05) is 20.8 Å². The average Bonchev–Trinajstić information content (AvgIpc) is 3.00. The van der Waals surface area contributed by atoms with Crippen molar-refractivity contribution in [3.63, 3.8) is 0 Å². The van der Waals surface area contributed by atoms with Crippen LogP contribution in [0.15, 0.2) is 23.3 Å². The van der Waals surface area contributed by atoms with Crippen molar-refractivity contribution in [2.45, 2.75) is 40.2 Å². The molecular formula is C19H27FN4O2. The summed E-state index contributed by atoms with van der Waals surface area (Å²) >= 11 is 0. The van der Waals surface area contributed by atoms with E-state index in [4.69, 9.17) is 0 Å². The second kappa shape index (κ2) is 7.43. The molecule has 1 unspecified atom stereocenters. The van der Waals surface area contributed by atoms with E-state index in [1.54, 1.807) is 19.1 Å². The number of halogens is 1. The highest BCUT2D eigenvalue weighted by atomic mass is 19.1. The zero-order chi connectivity index (χ0) is 19.6. The lowest BCUT2D eigenvalue weighted by molar-refractivity contribution is -0.120. The molecule has 26 heavy (non-hydrogen) atoms. The first-order valence-corrected chi connectivity index (χ1v) is 8.71. The third-order valence-electron chi connectivity index (χ3n) is 4.37. The molecule has 0 saturated carbocycles. The van der Waals surface area contributed by atoms with Gasteiger partial charge >= 0.3 is 0 Å². The molecule has 0 aliphatic carbocycles. The average molecular weight is 362 g/mol. The van der Waals surface area contributed by atoms with Gasteiger partial charge in [0, 0.05) is 43.8 Å². The van der Waals surface area contributed by atoms with Crippen LogP contribution in [-0.4, -0.2) is 54.1 Å². The van der Waals surface area contributed by atoms with Crippen LogP contribution in [0.5, 0.6) is 0 Å². The molecular weight excluding hydrogens is 335 g/mol. The zero-order valence-corrected chi connectivity index (χ0v) is 16.3. The van der Waals surface area contributed by atoms with E-state index in [9.17, 15) is 14.0 Å². The molecule has 1 aromatic carbocycles. The number of amides is 2. The molecule has 0 bridgehead atoms. The number of carbonyl (C=O) groups excluding carboxylic acids is 2. The van der Waals surface area contributed by atoms with E-state index in [2.05, 4.69) is 31.2 Å². The molecule has 1 atom stereocenters. The first-order valence-electron chi connectivity index (χ1n) is 8.71. The maximum Gasteiger partial charge on any atom is 0.253 e. The number of likely N-dealkylation sites (N-methyl/N-ethyl adjacent to an activating group) is 1. The van der Waals surface area contributed by atoms with E-state index in [-0.39, 0.29) is 22.9 Å². The predicted octanol–water partition coefficient (Wildman–Crippen LogP) is 2.96. The Hall–Kier alpha value is -2.44. The molecule has 6 nitrogen and oxygen atoms in total. The zero-order valence-electron chi connectivity index (χ0n) is 16.3. The molecule has 1 aliphatic rings. The van der Waals surface area contributed by atoms with Gasteiger partial charge < -0.3 is 10.2 Å². The fraction of sp³-hybridized carbons (Fsp3) is 0.526. The molecule has 2 amide bonds. The van der Waals surface area contributed by atoms with Crippen LogP contribution in [0.3, 0.4) is 0 Å². The van der Waals surface area contributed by atoms with Gasteiger partial charge in [0.05, 0.1) is 5.69 Å². The summed E-state index contributed by atoms with van der Waals surface area (Å²) < 4.78 is 14.1. The Kier molecular flexibility index (Phi) is 5.68. The van der Waals surface area contributed by atoms with Crippen molar-refractivity contribution in [1.29, 1.82) is 0 Å². The number of carbonyl (C=O) groups is 2. The molecule has 0 radical (unpaired) electrons. The van der Waals surface area contributed by atoms with Gasteiger partial charge in [0.2, 0.25) is 5.91 Å². The van der Waals surface area contributed by atoms with Crippen LogP contribution in [-0.2, 0) is 4.79 Å². The van der Waals surface area contributed by atoms with Gasteiger partial charge in [-0.05, 0) is 25.1 Å². The van der Waals surface area contributed by atoms with Crippen molar-refractivity contribution in [2.24, 2.45) is 10.5 Å². The molecule has 1 aliphatic heterocycles. The van der Waals surface area contributed by atoms with Crippen molar-refractivity contribution >= 4 is 23.2 Å². The van der Waals surface area contributed by atoms with E-state index in [1.807, 2.05) is 6.92 Å². The maximum atomic E-state index is 14.1. The van der Waals surface area contributed by atoms with Crippen molar-refractivity contribution < 1.29 is 14.0 Å². The second-order valence-corrected chi connectivity index (χ2v) is 7.66. The number of hydrogen-bond donors (Lipinski definition) is 1. The summed E-state index contributed by atoms with van der Waals surface area (Å²) in [6.45, 7) is 8.66. The van der Waals surface area contributed by atoms with Gasteiger partial charge in [0.15, 0.2) is 0 Å². The summed E-state index contributed by atoms with van der Waals surface area (Å²) in [5, 5.41) is 8.90. The highest BCUT2D eigenvalue weighted by Crippen LogP contribution is 2.28. The van der Waals surface area contributed by atoms with Gasteiger partial charge in [-0.2, -0.15) is 5.10 Å². The normalized spacial score (nSPS) is 17.1. The Morgan fingerprint density at radius 2 is 2.00 bits per heavy atom. The molecule has 142 valence electrons. The summed E-state index contributed by atoms with van der Waals surface area (Å²) in [6, 6.07) is 3.48. The van der Waals surface area contributed by atoms with Gasteiger partial charge in [-0.25, -0.2) is 4.39 Å². The SMILES string of the molecule is CCN1N=C(C(C)(C)C)CC1C(=O)Nc1cc(C(=O)N(C)C)ccc1F.